The first-order valence-corrected chi connectivity index (χ1v) is 9.49. The molecular formula is C21H20N3OS+. The van der Waals surface area contributed by atoms with Gasteiger partial charge < -0.3 is 9.84 Å². The van der Waals surface area contributed by atoms with Crippen molar-refractivity contribution in [3.8, 4) is 11.4 Å². The lowest BCUT2D eigenvalue weighted by atomic mass is 10.0. The van der Waals surface area contributed by atoms with Gasteiger partial charge in [0.2, 0.25) is 5.82 Å². The summed E-state index contributed by atoms with van der Waals surface area (Å²) in [5.41, 5.74) is 3.51. The van der Waals surface area contributed by atoms with Crippen molar-refractivity contribution in [3.05, 3.63) is 94.0 Å². The van der Waals surface area contributed by atoms with Crippen LogP contribution in [0.4, 0.5) is 0 Å². The van der Waals surface area contributed by atoms with Crippen LogP contribution < -0.4 is 5.32 Å². The topological polar surface area (TPSA) is 55.5 Å². The van der Waals surface area contributed by atoms with Gasteiger partial charge in [0.05, 0.1) is 4.88 Å². The van der Waals surface area contributed by atoms with Crippen LogP contribution in [-0.2, 0) is 6.54 Å². The van der Waals surface area contributed by atoms with E-state index in [1.54, 1.807) is 11.3 Å². The number of quaternary nitrogens is 1. The summed E-state index contributed by atoms with van der Waals surface area (Å²) < 4.78 is 5.45. The molecule has 4 aromatic rings. The molecule has 26 heavy (non-hydrogen) atoms. The largest absolute Gasteiger partial charge is 0.333 e. The molecule has 0 saturated carbocycles. The van der Waals surface area contributed by atoms with Crippen molar-refractivity contribution in [2.75, 3.05) is 0 Å². The third-order valence-corrected chi connectivity index (χ3v) is 5.27. The van der Waals surface area contributed by atoms with Crippen molar-refractivity contribution in [3.63, 3.8) is 0 Å². The molecule has 4 rings (SSSR count). The fourth-order valence-electron chi connectivity index (χ4n) is 2.92. The van der Waals surface area contributed by atoms with Crippen molar-refractivity contribution in [2.24, 2.45) is 0 Å². The second-order valence-electron chi connectivity index (χ2n) is 6.22. The summed E-state index contributed by atoms with van der Waals surface area (Å²) in [5, 5.41) is 8.47. The Labute approximate surface area is 156 Å². The molecule has 4 nitrogen and oxygen atoms in total. The average Bonchev–Trinajstić information content (AvgIpc) is 3.36. The Kier molecular flexibility index (Phi) is 4.91. The molecule has 1 atom stereocenters. The molecule has 0 saturated heterocycles. The van der Waals surface area contributed by atoms with E-state index in [1.165, 1.54) is 16.0 Å². The third kappa shape index (κ3) is 3.74. The number of aryl methyl sites for hydroxylation is 1. The Bertz CT molecular complexity index is 947. The summed E-state index contributed by atoms with van der Waals surface area (Å²) in [6.45, 7) is 2.74. The number of hydrogen-bond acceptors (Lipinski definition) is 4. The highest BCUT2D eigenvalue weighted by Gasteiger charge is 2.20. The lowest BCUT2D eigenvalue weighted by Gasteiger charge is -2.14. The Morgan fingerprint density at radius 2 is 1.81 bits per heavy atom. The summed E-state index contributed by atoms with van der Waals surface area (Å²) in [6, 6.07) is 23.1. The standard InChI is InChI=1S/C21H19N3OS/c1-15-9-11-16(12-10-15)20(18-8-5-13-26-18)22-14-19-23-21(24-25-19)17-6-3-2-4-7-17/h2-13,20,22H,14H2,1H3/p+1/t20-/m0/s1. The smallest absolute Gasteiger partial charge is 0.282 e. The Morgan fingerprint density at radius 3 is 2.54 bits per heavy atom. The monoisotopic (exact) mass is 362 g/mol. The Hall–Kier alpha value is -2.76. The van der Waals surface area contributed by atoms with E-state index in [0.29, 0.717) is 18.3 Å². The normalized spacial score (nSPS) is 12.2. The van der Waals surface area contributed by atoms with Crippen LogP contribution in [0.2, 0.25) is 0 Å². The minimum atomic E-state index is 0.225. The van der Waals surface area contributed by atoms with Crippen LogP contribution in [0.3, 0.4) is 0 Å². The highest BCUT2D eigenvalue weighted by Crippen LogP contribution is 2.23. The fourth-order valence-corrected chi connectivity index (χ4v) is 3.77. The lowest BCUT2D eigenvalue weighted by Crippen LogP contribution is -2.83. The van der Waals surface area contributed by atoms with Gasteiger partial charge >= 0.3 is 0 Å². The quantitative estimate of drug-likeness (QED) is 0.565. The van der Waals surface area contributed by atoms with Crippen LogP contribution in [0.1, 0.15) is 27.9 Å². The average molecular weight is 362 g/mol. The molecule has 0 spiro atoms. The number of nitrogens with two attached hydrogens (primary N) is 1. The number of hydrogen-bond donors (Lipinski definition) is 1. The van der Waals surface area contributed by atoms with Crippen LogP contribution >= 0.6 is 11.3 Å². The molecule has 130 valence electrons. The van der Waals surface area contributed by atoms with Crippen LogP contribution in [0.25, 0.3) is 11.4 Å². The minimum Gasteiger partial charge on any atom is -0.333 e. The molecule has 2 N–H and O–H groups in total. The van der Waals surface area contributed by atoms with Crippen LogP contribution in [-0.4, -0.2) is 10.1 Å². The van der Waals surface area contributed by atoms with Crippen LogP contribution in [0, 0.1) is 6.92 Å². The maximum absolute atomic E-state index is 5.45. The third-order valence-electron chi connectivity index (χ3n) is 4.31. The van der Waals surface area contributed by atoms with Gasteiger partial charge in [-0.3, -0.25) is 0 Å². The van der Waals surface area contributed by atoms with Gasteiger partial charge in [-0.05, 0) is 18.4 Å². The summed E-state index contributed by atoms with van der Waals surface area (Å²) in [7, 11) is 0. The lowest BCUT2D eigenvalue weighted by molar-refractivity contribution is -0.704. The number of aromatic nitrogens is 2. The van der Waals surface area contributed by atoms with Crippen molar-refractivity contribution < 1.29 is 9.84 Å². The number of thiophene rings is 1. The van der Waals surface area contributed by atoms with E-state index in [1.807, 2.05) is 30.3 Å². The zero-order chi connectivity index (χ0) is 17.8. The molecule has 2 aromatic carbocycles. The molecule has 0 bridgehead atoms. The second-order valence-corrected chi connectivity index (χ2v) is 7.20. The summed E-state index contributed by atoms with van der Waals surface area (Å²) in [5.74, 6) is 1.27. The van der Waals surface area contributed by atoms with Crippen molar-refractivity contribution in [1.82, 2.24) is 10.1 Å². The van der Waals surface area contributed by atoms with Gasteiger partial charge in [0, 0.05) is 11.1 Å². The summed E-state index contributed by atoms with van der Waals surface area (Å²) in [4.78, 5) is 5.85. The Morgan fingerprint density at radius 1 is 1.00 bits per heavy atom. The van der Waals surface area contributed by atoms with Crippen LogP contribution in [0.15, 0.2) is 76.6 Å². The van der Waals surface area contributed by atoms with Crippen molar-refractivity contribution in [1.29, 1.82) is 0 Å². The van der Waals surface area contributed by atoms with Crippen molar-refractivity contribution >= 4 is 11.3 Å². The molecule has 0 unspecified atom stereocenters. The predicted octanol–water partition coefficient (Wildman–Crippen LogP) is 3.96. The first-order valence-electron chi connectivity index (χ1n) is 8.61. The van der Waals surface area contributed by atoms with Crippen LogP contribution in [0.5, 0.6) is 0 Å². The fraction of sp³-hybridized carbons (Fsp3) is 0.143. The van der Waals surface area contributed by atoms with E-state index in [9.17, 15) is 0 Å². The van der Waals surface area contributed by atoms with Gasteiger partial charge in [-0.25, -0.2) is 0 Å². The minimum absolute atomic E-state index is 0.225. The number of rotatable bonds is 6. The van der Waals surface area contributed by atoms with Gasteiger partial charge in [-0.1, -0.05) is 71.4 Å². The molecule has 0 radical (unpaired) electrons. The van der Waals surface area contributed by atoms with E-state index in [-0.39, 0.29) is 6.04 Å². The van der Waals surface area contributed by atoms with E-state index < -0.39 is 0 Å². The zero-order valence-corrected chi connectivity index (χ0v) is 15.3. The number of nitrogens with zero attached hydrogens (tertiary/aromatic N) is 2. The highest BCUT2D eigenvalue weighted by molar-refractivity contribution is 7.10. The molecule has 0 fully saturated rings. The van der Waals surface area contributed by atoms with Crippen molar-refractivity contribution in [2.45, 2.75) is 19.5 Å². The molecule has 0 amide bonds. The van der Waals surface area contributed by atoms with Gasteiger partial charge in [-0.2, -0.15) is 4.98 Å². The first kappa shape index (κ1) is 16.7. The van der Waals surface area contributed by atoms with Gasteiger partial charge in [-0.15, -0.1) is 11.3 Å². The Balaban J connectivity index is 1.52. The van der Waals surface area contributed by atoms with E-state index in [0.717, 1.165) is 5.56 Å². The first-order chi connectivity index (χ1) is 12.8. The molecular weight excluding hydrogens is 342 g/mol. The van der Waals surface area contributed by atoms with E-state index >= 15 is 0 Å². The maximum Gasteiger partial charge on any atom is 0.282 e. The molecule has 2 aromatic heterocycles. The highest BCUT2D eigenvalue weighted by atomic mass is 32.1. The molecule has 0 aliphatic carbocycles. The van der Waals surface area contributed by atoms with E-state index in [4.69, 9.17) is 4.52 Å². The number of benzene rings is 2. The van der Waals surface area contributed by atoms with Gasteiger partial charge in [0.25, 0.3) is 5.89 Å². The van der Waals surface area contributed by atoms with Gasteiger partial charge in [0.15, 0.2) is 6.54 Å². The summed E-state index contributed by atoms with van der Waals surface area (Å²) >= 11 is 1.77. The molecule has 0 aliphatic heterocycles. The van der Waals surface area contributed by atoms with E-state index in [2.05, 4.69) is 64.2 Å². The molecule has 5 heteroatoms. The second kappa shape index (κ2) is 7.64. The molecule has 2 heterocycles. The van der Waals surface area contributed by atoms with Gasteiger partial charge in [0.1, 0.15) is 6.04 Å². The zero-order valence-electron chi connectivity index (χ0n) is 14.5. The SMILES string of the molecule is Cc1ccc([C@H]([NH2+]Cc2nc(-c3ccccc3)no2)c2cccs2)cc1. The summed E-state index contributed by atoms with van der Waals surface area (Å²) in [6.07, 6.45) is 0. The maximum atomic E-state index is 5.45. The molecule has 0 aliphatic rings. The predicted molar refractivity (Wildman–Crippen MR) is 103 cm³/mol.